The molecule has 0 atom stereocenters. The Labute approximate surface area is 137 Å². The van der Waals surface area contributed by atoms with Crippen LogP contribution in [0, 0.1) is 0 Å². The van der Waals surface area contributed by atoms with Gasteiger partial charge in [-0.15, -0.1) is 0 Å². The molecule has 1 aromatic rings. The van der Waals surface area contributed by atoms with Gasteiger partial charge in [-0.25, -0.2) is 13.1 Å². The van der Waals surface area contributed by atoms with Gasteiger partial charge in [0.05, 0.1) is 5.02 Å². The minimum atomic E-state index is -3.80. The first-order chi connectivity index (χ1) is 10.0. The predicted octanol–water partition coefficient (Wildman–Crippen LogP) is 2.90. The van der Waals surface area contributed by atoms with Gasteiger partial charge in [0, 0.05) is 24.2 Å². The third-order valence-corrected chi connectivity index (χ3v) is 5.20. The Balaban J connectivity index is 3.29. The predicted molar refractivity (Wildman–Crippen MR) is 88.8 cm³/mol. The van der Waals surface area contributed by atoms with Crippen LogP contribution in [0.3, 0.4) is 0 Å². The van der Waals surface area contributed by atoms with E-state index < -0.39 is 15.6 Å². The molecule has 22 heavy (non-hydrogen) atoms. The number of carbonyl (C=O) groups excluding carboxylic acids is 1. The van der Waals surface area contributed by atoms with Gasteiger partial charge in [0.15, 0.2) is 0 Å². The molecule has 0 saturated carbocycles. The summed E-state index contributed by atoms with van der Waals surface area (Å²) in [5, 5.41) is 0.0906. The number of nitrogens with one attached hydrogen (secondary N) is 1. The topological polar surface area (TPSA) is 66.5 Å². The van der Waals surface area contributed by atoms with Crippen LogP contribution >= 0.6 is 11.6 Å². The highest BCUT2D eigenvalue weighted by molar-refractivity contribution is 7.89. The zero-order chi connectivity index (χ0) is 17.1. The average molecular weight is 347 g/mol. The summed E-state index contributed by atoms with van der Waals surface area (Å²) in [6, 6.07) is 4.31. The Morgan fingerprint density at radius 1 is 1.23 bits per heavy atom. The van der Waals surface area contributed by atoms with Crippen LogP contribution in [0.2, 0.25) is 5.02 Å². The molecule has 0 fully saturated rings. The summed E-state index contributed by atoms with van der Waals surface area (Å²) in [4.78, 5) is 13.9. The Bertz CT molecular complexity index is 647. The molecule has 0 unspecified atom stereocenters. The van der Waals surface area contributed by atoms with Gasteiger partial charge in [-0.1, -0.05) is 11.6 Å². The standard InChI is InChI=1S/C15H23ClN2O3S/c1-6-18(7-2)14(19)11-8-9-12(16)13(10-11)22(20,21)17-15(3,4)5/h8-10,17H,6-7H2,1-5H3. The van der Waals surface area contributed by atoms with Gasteiger partial charge in [-0.2, -0.15) is 0 Å². The highest BCUT2D eigenvalue weighted by Crippen LogP contribution is 2.24. The van der Waals surface area contributed by atoms with Crippen molar-refractivity contribution in [2.45, 2.75) is 45.1 Å². The van der Waals surface area contributed by atoms with Crippen LogP contribution in [0.25, 0.3) is 0 Å². The quantitative estimate of drug-likeness (QED) is 0.891. The van der Waals surface area contributed by atoms with Crippen molar-refractivity contribution in [1.82, 2.24) is 9.62 Å². The highest BCUT2D eigenvalue weighted by atomic mass is 35.5. The molecule has 0 aromatic heterocycles. The summed E-state index contributed by atoms with van der Waals surface area (Å²) in [5.74, 6) is -0.214. The fraction of sp³-hybridized carbons (Fsp3) is 0.533. The Kier molecular flexibility index (Phi) is 6.01. The van der Waals surface area contributed by atoms with E-state index >= 15 is 0 Å². The minimum Gasteiger partial charge on any atom is -0.339 e. The second-order valence-corrected chi connectivity index (χ2v) is 8.04. The van der Waals surface area contributed by atoms with E-state index in [9.17, 15) is 13.2 Å². The summed E-state index contributed by atoms with van der Waals surface area (Å²) >= 11 is 6.02. The molecule has 0 spiro atoms. The molecular weight excluding hydrogens is 324 g/mol. The van der Waals surface area contributed by atoms with E-state index in [2.05, 4.69) is 4.72 Å². The SMILES string of the molecule is CCN(CC)C(=O)c1ccc(Cl)c(S(=O)(=O)NC(C)(C)C)c1. The number of nitrogens with zero attached hydrogens (tertiary/aromatic N) is 1. The summed E-state index contributed by atoms with van der Waals surface area (Å²) in [6.07, 6.45) is 0. The third-order valence-electron chi connectivity index (χ3n) is 2.96. The van der Waals surface area contributed by atoms with Crippen molar-refractivity contribution in [2.24, 2.45) is 0 Å². The molecule has 0 aliphatic heterocycles. The molecule has 124 valence electrons. The molecule has 1 amide bonds. The van der Waals surface area contributed by atoms with Gasteiger partial charge >= 0.3 is 0 Å². The van der Waals surface area contributed by atoms with E-state index in [-0.39, 0.29) is 15.8 Å². The minimum absolute atomic E-state index is 0.0814. The maximum Gasteiger partial charge on any atom is 0.253 e. The van der Waals surface area contributed by atoms with Crippen LogP contribution in [0.1, 0.15) is 45.0 Å². The molecule has 0 radical (unpaired) electrons. The van der Waals surface area contributed by atoms with Crippen molar-refractivity contribution < 1.29 is 13.2 Å². The highest BCUT2D eigenvalue weighted by Gasteiger charge is 2.25. The first kappa shape index (κ1) is 18.9. The second kappa shape index (κ2) is 6.98. The number of rotatable bonds is 5. The molecule has 1 N–H and O–H groups in total. The van der Waals surface area contributed by atoms with Crippen molar-refractivity contribution in [1.29, 1.82) is 0 Å². The lowest BCUT2D eigenvalue weighted by molar-refractivity contribution is 0.0773. The normalized spacial score (nSPS) is 12.3. The summed E-state index contributed by atoms with van der Waals surface area (Å²) < 4.78 is 27.4. The van der Waals surface area contributed by atoms with Crippen LogP contribution in [0.15, 0.2) is 23.1 Å². The molecule has 7 heteroatoms. The molecular formula is C15H23ClN2O3S. The lowest BCUT2D eigenvalue weighted by Crippen LogP contribution is -2.40. The number of sulfonamides is 1. The van der Waals surface area contributed by atoms with Crippen LogP contribution in [0.5, 0.6) is 0 Å². The number of benzene rings is 1. The summed E-state index contributed by atoms with van der Waals surface area (Å²) in [7, 11) is -3.80. The molecule has 0 aliphatic carbocycles. The summed E-state index contributed by atoms with van der Waals surface area (Å²) in [6.45, 7) is 10.1. The fourth-order valence-electron chi connectivity index (χ4n) is 1.99. The van der Waals surface area contributed by atoms with E-state index in [1.165, 1.54) is 12.1 Å². The van der Waals surface area contributed by atoms with Gasteiger partial charge in [0.1, 0.15) is 4.90 Å². The van der Waals surface area contributed by atoms with Crippen molar-refractivity contribution in [2.75, 3.05) is 13.1 Å². The summed E-state index contributed by atoms with van der Waals surface area (Å²) in [5.41, 5.74) is -0.330. The molecule has 1 rings (SSSR count). The van der Waals surface area contributed by atoms with Crippen molar-refractivity contribution in [3.63, 3.8) is 0 Å². The number of carbonyl (C=O) groups is 1. The zero-order valence-corrected chi connectivity index (χ0v) is 15.2. The van der Waals surface area contributed by atoms with Gasteiger partial charge in [0.2, 0.25) is 10.0 Å². The van der Waals surface area contributed by atoms with Crippen LogP contribution in [-0.4, -0.2) is 37.9 Å². The Morgan fingerprint density at radius 3 is 2.23 bits per heavy atom. The number of amides is 1. The lowest BCUT2D eigenvalue weighted by atomic mass is 10.1. The Morgan fingerprint density at radius 2 is 1.77 bits per heavy atom. The molecule has 5 nitrogen and oxygen atoms in total. The van der Waals surface area contributed by atoms with E-state index in [4.69, 9.17) is 11.6 Å². The van der Waals surface area contributed by atoms with Crippen molar-refractivity contribution in [3.05, 3.63) is 28.8 Å². The third kappa shape index (κ3) is 4.69. The van der Waals surface area contributed by atoms with Gasteiger partial charge in [0.25, 0.3) is 5.91 Å². The maximum absolute atomic E-state index is 12.4. The van der Waals surface area contributed by atoms with Crippen LogP contribution < -0.4 is 4.72 Å². The number of hydrogen-bond acceptors (Lipinski definition) is 3. The first-order valence-corrected chi connectivity index (χ1v) is 9.00. The molecule has 0 heterocycles. The van der Waals surface area contributed by atoms with Crippen LogP contribution in [0.4, 0.5) is 0 Å². The van der Waals surface area contributed by atoms with E-state index in [0.29, 0.717) is 18.7 Å². The zero-order valence-electron chi connectivity index (χ0n) is 13.6. The molecule has 0 bridgehead atoms. The smallest absolute Gasteiger partial charge is 0.253 e. The molecule has 1 aromatic carbocycles. The number of halogens is 1. The monoisotopic (exact) mass is 346 g/mol. The van der Waals surface area contributed by atoms with Crippen LogP contribution in [-0.2, 0) is 10.0 Å². The largest absolute Gasteiger partial charge is 0.339 e. The van der Waals surface area contributed by atoms with E-state index in [0.717, 1.165) is 0 Å². The molecule has 0 saturated heterocycles. The van der Waals surface area contributed by atoms with Gasteiger partial charge in [-0.3, -0.25) is 4.79 Å². The molecule has 0 aliphatic rings. The first-order valence-electron chi connectivity index (χ1n) is 7.14. The number of hydrogen-bond donors (Lipinski definition) is 1. The average Bonchev–Trinajstić information content (AvgIpc) is 2.37. The van der Waals surface area contributed by atoms with Crippen molar-refractivity contribution >= 4 is 27.5 Å². The van der Waals surface area contributed by atoms with Gasteiger partial charge < -0.3 is 4.90 Å². The van der Waals surface area contributed by atoms with Crippen molar-refractivity contribution in [3.8, 4) is 0 Å². The Hall–Kier alpha value is -1.11. The van der Waals surface area contributed by atoms with Gasteiger partial charge in [-0.05, 0) is 52.8 Å². The lowest BCUT2D eigenvalue weighted by Gasteiger charge is -2.22. The van der Waals surface area contributed by atoms with E-state index in [1.54, 1.807) is 31.7 Å². The fourth-order valence-corrected chi connectivity index (χ4v) is 3.94. The maximum atomic E-state index is 12.4. The van der Waals surface area contributed by atoms with E-state index in [1.807, 2.05) is 13.8 Å². The second-order valence-electron chi connectivity index (χ2n) is 5.98.